The lowest BCUT2D eigenvalue weighted by atomic mass is 10.1. The lowest BCUT2D eigenvalue weighted by Crippen LogP contribution is -2.32. The van der Waals surface area contributed by atoms with E-state index >= 15 is 0 Å². The van der Waals surface area contributed by atoms with E-state index in [-0.39, 0.29) is 12.0 Å². The molecule has 25 heavy (non-hydrogen) atoms. The van der Waals surface area contributed by atoms with Gasteiger partial charge in [-0.3, -0.25) is 9.48 Å². The zero-order chi connectivity index (χ0) is 17.5. The van der Waals surface area contributed by atoms with Gasteiger partial charge in [0.2, 0.25) is 0 Å². The van der Waals surface area contributed by atoms with Crippen LogP contribution in [0.15, 0.2) is 42.6 Å². The van der Waals surface area contributed by atoms with E-state index in [2.05, 4.69) is 10.4 Å². The highest BCUT2D eigenvalue weighted by Gasteiger charge is 2.19. The van der Waals surface area contributed by atoms with Gasteiger partial charge in [0.1, 0.15) is 6.10 Å². The minimum absolute atomic E-state index is 0.106. The third-order valence-corrected chi connectivity index (χ3v) is 4.25. The molecule has 1 N–H and O–H groups in total. The van der Waals surface area contributed by atoms with Gasteiger partial charge in [-0.1, -0.05) is 30.3 Å². The number of carbonyl (C=O) groups is 1. The second kappa shape index (κ2) is 8.78. The molecular weight excluding hydrogens is 318 g/mol. The van der Waals surface area contributed by atoms with Gasteiger partial charge in [-0.2, -0.15) is 5.10 Å². The zero-order valence-corrected chi connectivity index (χ0v) is 14.6. The molecule has 0 saturated carbocycles. The normalized spacial score (nSPS) is 18.7. The smallest absolute Gasteiger partial charge is 0.254 e. The number of hydrogen-bond donors (Lipinski definition) is 1. The number of benzene rings is 1. The minimum Gasteiger partial charge on any atom is -0.376 e. The fourth-order valence-electron chi connectivity index (χ4n) is 2.78. The second-order valence-electron chi connectivity index (χ2n) is 6.34. The van der Waals surface area contributed by atoms with E-state index in [0.29, 0.717) is 19.0 Å². The zero-order valence-electron chi connectivity index (χ0n) is 14.6. The highest BCUT2D eigenvalue weighted by Crippen LogP contribution is 2.14. The van der Waals surface area contributed by atoms with E-state index in [1.54, 1.807) is 17.7 Å². The molecule has 134 valence electrons. The Morgan fingerprint density at radius 1 is 1.36 bits per heavy atom. The molecule has 2 atom stereocenters. The largest absolute Gasteiger partial charge is 0.376 e. The maximum atomic E-state index is 12.2. The highest BCUT2D eigenvalue weighted by atomic mass is 16.5. The SMILES string of the molecule is C[C@@H](OC[C@@H]1CCCCO1)C(=O)Nc1ccn(Cc2ccccc2)n1. The Morgan fingerprint density at radius 3 is 2.96 bits per heavy atom. The first kappa shape index (κ1) is 17.6. The summed E-state index contributed by atoms with van der Waals surface area (Å²) in [6, 6.07) is 11.9. The predicted octanol–water partition coefficient (Wildman–Crippen LogP) is 2.84. The van der Waals surface area contributed by atoms with Gasteiger partial charge in [-0.15, -0.1) is 0 Å². The number of nitrogens with one attached hydrogen (secondary N) is 1. The number of carbonyl (C=O) groups excluding carboxylic acids is 1. The fraction of sp³-hybridized carbons (Fsp3) is 0.474. The van der Waals surface area contributed by atoms with Crippen molar-refractivity contribution in [1.29, 1.82) is 0 Å². The molecule has 0 bridgehead atoms. The first-order chi connectivity index (χ1) is 12.2. The van der Waals surface area contributed by atoms with E-state index in [4.69, 9.17) is 9.47 Å². The van der Waals surface area contributed by atoms with E-state index < -0.39 is 6.10 Å². The molecule has 0 aliphatic carbocycles. The van der Waals surface area contributed by atoms with Crippen LogP contribution >= 0.6 is 0 Å². The quantitative estimate of drug-likeness (QED) is 0.839. The van der Waals surface area contributed by atoms with Crippen LogP contribution in [-0.2, 0) is 20.8 Å². The van der Waals surface area contributed by atoms with Gasteiger partial charge in [-0.25, -0.2) is 0 Å². The number of anilines is 1. The van der Waals surface area contributed by atoms with Gasteiger partial charge in [0.25, 0.3) is 5.91 Å². The summed E-state index contributed by atoms with van der Waals surface area (Å²) in [6.45, 7) is 3.66. The van der Waals surface area contributed by atoms with E-state index in [9.17, 15) is 4.79 Å². The summed E-state index contributed by atoms with van der Waals surface area (Å²) in [6.07, 6.45) is 4.69. The van der Waals surface area contributed by atoms with Crippen LogP contribution < -0.4 is 5.32 Å². The van der Waals surface area contributed by atoms with Gasteiger partial charge in [0, 0.05) is 18.9 Å². The molecule has 2 heterocycles. The molecular formula is C19H25N3O3. The van der Waals surface area contributed by atoms with Gasteiger partial charge < -0.3 is 14.8 Å². The molecule has 1 aromatic heterocycles. The van der Waals surface area contributed by atoms with Crippen LogP contribution in [0.2, 0.25) is 0 Å². The van der Waals surface area contributed by atoms with Gasteiger partial charge >= 0.3 is 0 Å². The standard InChI is InChI=1S/C19H25N3O3/c1-15(25-14-17-9-5-6-12-24-17)19(23)20-18-10-11-22(21-18)13-16-7-3-2-4-8-16/h2-4,7-8,10-11,15,17H,5-6,9,12-14H2,1H3,(H,20,21,23)/t15-,17+/m1/s1. The van der Waals surface area contributed by atoms with Crippen molar-refractivity contribution < 1.29 is 14.3 Å². The summed E-state index contributed by atoms with van der Waals surface area (Å²) >= 11 is 0. The van der Waals surface area contributed by atoms with Crippen LogP contribution in [0, 0.1) is 0 Å². The molecule has 1 amide bonds. The van der Waals surface area contributed by atoms with Gasteiger partial charge in [-0.05, 0) is 31.7 Å². The molecule has 0 unspecified atom stereocenters. The first-order valence-corrected chi connectivity index (χ1v) is 8.82. The van der Waals surface area contributed by atoms with Crippen LogP contribution in [-0.4, -0.2) is 41.1 Å². The van der Waals surface area contributed by atoms with Crippen LogP contribution in [0.3, 0.4) is 0 Å². The van der Waals surface area contributed by atoms with E-state index in [1.807, 2.05) is 36.5 Å². The molecule has 2 aromatic rings. The number of nitrogens with zero attached hydrogens (tertiary/aromatic N) is 2. The molecule has 1 aromatic carbocycles. The summed E-state index contributed by atoms with van der Waals surface area (Å²) in [4.78, 5) is 12.2. The summed E-state index contributed by atoms with van der Waals surface area (Å²) in [7, 11) is 0. The topological polar surface area (TPSA) is 65.4 Å². The maximum Gasteiger partial charge on any atom is 0.254 e. The number of aromatic nitrogens is 2. The first-order valence-electron chi connectivity index (χ1n) is 8.82. The molecule has 0 radical (unpaired) electrons. The van der Waals surface area contributed by atoms with Gasteiger partial charge in [0.05, 0.1) is 19.3 Å². The average molecular weight is 343 g/mol. The third-order valence-electron chi connectivity index (χ3n) is 4.25. The minimum atomic E-state index is -0.537. The predicted molar refractivity (Wildman–Crippen MR) is 95.4 cm³/mol. The Bertz CT molecular complexity index is 666. The van der Waals surface area contributed by atoms with E-state index in [1.165, 1.54) is 0 Å². The third kappa shape index (κ3) is 5.41. The summed E-state index contributed by atoms with van der Waals surface area (Å²) < 4.78 is 13.1. The van der Waals surface area contributed by atoms with Crippen LogP contribution in [0.5, 0.6) is 0 Å². The van der Waals surface area contributed by atoms with Crippen molar-refractivity contribution in [2.45, 2.75) is 44.9 Å². The van der Waals surface area contributed by atoms with E-state index in [0.717, 1.165) is 31.4 Å². The van der Waals surface area contributed by atoms with Crippen LogP contribution in [0.25, 0.3) is 0 Å². The number of amides is 1. The molecule has 1 aliphatic heterocycles. The molecule has 6 nitrogen and oxygen atoms in total. The monoisotopic (exact) mass is 343 g/mol. The lowest BCUT2D eigenvalue weighted by molar-refractivity contribution is -0.130. The Kier molecular flexibility index (Phi) is 6.19. The Balaban J connectivity index is 1.45. The number of rotatable bonds is 7. The maximum absolute atomic E-state index is 12.2. The van der Waals surface area contributed by atoms with Crippen molar-refractivity contribution in [3.8, 4) is 0 Å². The van der Waals surface area contributed by atoms with Crippen LogP contribution in [0.4, 0.5) is 5.82 Å². The molecule has 1 saturated heterocycles. The van der Waals surface area contributed by atoms with Crippen LogP contribution in [0.1, 0.15) is 31.7 Å². The Morgan fingerprint density at radius 2 is 2.20 bits per heavy atom. The molecule has 3 rings (SSSR count). The van der Waals surface area contributed by atoms with Crippen molar-refractivity contribution in [3.63, 3.8) is 0 Å². The molecule has 0 spiro atoms. The molecule has 6 heteroatoms. The van der Waals surface area contributed by atoms with Gasteiger partial charge in [0.15, 0.2) is 5.82 Å². The van der Waals surface area contributed by atoms with Crippen molar-refractivity contribution in [1.82, 2.24) is 9.78 Å². The average Bonchev–Trinajstić information content (AvgIpc) is 3.08. The van der Waals surface area contributed by atoms with Crippen molar-refractivity contribution >= 4 is 11.7 Å². The van der Waals surface area contributed by atoms with Crippen molar-refractivity contribution in [3.05, 3.63) is 48.2 Å². The molecule has 1 aliphatic rings. The van der Waals surface area contributed by atoms with Crippen molar-refractivity contribution in [2.75, 3.05) is 18.5 Å². The lowest BCUT2D eigenvalue weighted by Gasteiger charge is -2.23. The second-order valence-corrected chi connectivity index (χ2v) is 6.34. The Labute approximate surface area is 148 Å². The Hall–Kier alpha value is -2.18. The number of hydrogen-bond acceptors (Lipinski definition) is 4. The summed E-state index contributed by atoms with van der Waals surface area (Å²) in [5.41, 5.74) is 1.16. The van der Waals surface area contributed by atoms with Crippen molar-refractivity contribution in [2.24, 2.45) is 0 Å². The molecule has 1 fully saturated rings. The summed E-state index contributed by atoms with van der Waals surface area (Å²) in [5.74, 6) is 0.339. The number of ether oxygens (including phenoxy) is 2. The fourth-order valence-corrected chi connectivity index (χ4v) is 2.78. The highest BCUT2D eigenvalue weighted by molar-refractivity contribution is 5.92. The summed E-state index contributed by atoms with van der Waals surface area (Å²) in [5, 5.41) is 7.18.